The van der Waals surface area contributed by atoms with Gasteiger partial charge in [0.2, 0.25) is 0 Å². The van der Waals surface area contributed by atoms with Gasteiger partial charge in [-0.1, -0.05) is 95.9 Å². The summed E-state index contributed by atoms with van der Waals surface area (Å²) in [6.07, 6.45) is 0. The molecule has 0 aromatic heterocycles. The van der Waals surface area contributed by atoms with E-state index in [9.17, 15) is 9.59 Å². The minimum Gasteiger partial charge on any atom is -0.465 e. The van der Waals surface area contributed by atoms with Crippen LogP contribution in [-0.2, 0) is 9.53 Å². The molecule has 186 valence electrons. The van der Waals surface area contributed by atoms with Crippen molar-refractivity contribution in [3.8, 4) is 0 Å². The third kappa shape index (κ3) is 4.45. The monoisotopic (exact) mass is 543 g/mol. The van der Waals surface area contributed by atoms with Crippen molar-refractivity contribution < 1.29 is 14.3 Å². The number of ether oxygens (including phenoxy) is 1. The summed E-state index contributed by atoms with van der Waals surface area (Å²) in [6, 6.07) is 25.2. The quantitative estimate of drug-likeness (QED) is 0.194. The first-order chi connectivity index (χ1) is 17.7. The van der Waals surface area contributed by atoms with E-state index in [1.54, 1.807) is 4.90 Å². The second kappa shape index (κ2) is 9.97. The molecule has 4 nitrogen and oxygen atoms in total. The molecule has 0 bridgehead atoms. The molecule has 0 spiro atoms. The van der Waals surface area contributed by atoms with Gasteiger partial charge in [0.1, 0.15) is 4.91 Å². The Hall–Kier alpha value is -3.13. The fourth-order valence-corrected chi connectivity index (χ4v) is 7.71. The molecule has 0 radical (unpaired) electrons. The maximum atomic E-state index is 13.8. The molecule has 1 amide bonds. The Balaban J connectivity index is 1.69. The highest BCUT2D eigenvalue weighted by Crippen LogP contribution is 2.58. The zero-order valence-electron chi connectivity index (χ0n) is 20.9. The van der Waals surface area contributed by atoms with Gasteiger partial charge in [0.25, 0.3) is 5.91 Å². The lowest BCUT2D eigenvalue weighted by atomic mass is 9.82. The van der Waals surface area contributed by atoms with Gasteiger partial charge in [0.05, 0.1) is 27.4 Å². The first-order valence-electron chi connectivity index (χ1n) is 11.8. The highest BCUT2D eigenvalue weighted by Gasteiger charge is 2.45. The molecule has 0 unspecified atom stereocenters. The van der Waals surface area contributed by atoms with E-state index in [1.165, 1.54) is 30.6 Å². The molecule has 0 fully saturated rings. The lowest BCUT2D eigenvalue weighted by Crippen LogP contribution is -2.56. The smallest absolute Gasteiger partial charge is 0.345 e. The number of amides is 1. The van der Waals surface area contributed by atoms with Crippen molar-refractivity contribution in [1.82, 2.24) is 0 Å². The average Bonchev–Trinajstić information content (AvgIpc) is 3.35. The van der Waals surface area contributed by atoms with E-state index in [0.717, 1.165) is 37.1 Å². The molecule has 2 heterocycles. The molecule has 37 heavy (non-hydrogen) atoms. The second-order valence-electron chi connectivity index (χ2n) is 9.30. The van der Waals surface area contributed by atoms with Crippen LogP contribution in [-0.4, -0.2) is 29.4 Å². The number of carbonyl (C=O) groups excluding carboxylic acids is 2. The van der Waals surface area contributed by atoms with Crippen LogP contribution in [0, 0.1) is 6.92 Å². The number of anilines is 1. The molecular formula is C30H25NO3S3. The molecule has 2 aliphatic rings. The van der Waals surface area contributed by atoms with Crippen molar-refractivity contribution in [2.24, 2.45) is 0 Å². The normalized spacial score (nSPS) is 18.6. The maximum absolute atomic E-state index is 13.8. The van der Waals surface area contributed by atoms with Crippen LogP contribution >= 0.6 is 35.7 Å². The SMILES string of the molecule is COC(=O)C1=C(c2ccccc2)S/C(=C2\C(=S)C(C)(C)N(C(=O)c3ccccc3)c3ccc(C)cc32)S1. The van der Waals surface area contributed by atoms with Gasteiger partial charge < -0.3 is 4.74 Å². The minimum atomic E-state index is -0.783. The first-order valence-corrected chi connectivity index (χ1v) is 13.8. The number of benzene rings is 3. The van der Waals surface area contributed by atoms with E-state index in [-0.39, 0.29) is 11.9 Å². The van der Waals surface area contributed by atoms with Gasteiger partial charge in [-0.3, -0.25) is 9.69 Å². The lowest BCUT2D eigenvalue weighted by Gasteiger charge is -2.45. The summed E-state index contributed by atoms with van der Waals surface area (Å²) in [4.78, 5) is 30.5. The number of methoxy groups -OCH3 is 1. The van der Waals surface area contributed by atoms with Crippen LogP contribution in [0.2, 0.25) is 0 Å². The average molecular weight is 544 g/mol. The van der Waals surface area contributed by atoms with Gasteiger partial charge in [0, 0.05) is 21.6 Å². The Kier molecular flexibility index (Phi) is 6.88. The van der Waals surface area contributed by atoms with Crippen molar-refractivity contribution in [1.29, 1.82) is 0 Å². The van der Waals surface area contributed by atoms with Crippen molar-refractivity contribution in [2.75, 3.05) is 12.0 Å². The van der Waals surface area contributed by atoms with Crippen LogP contribution in [0.25, 0.3) is 10.5 Å². The van der Waals surface area contributed by atoms with Crippen molar-refractivity contribution >= 4 is 68.6 Å². The van der Waals surface area contributed by atoms with Crippen LogP contribution < -0.4 is 4.90 Å². The zero-order valence-corrected chi connectivity index (χ0v) is 23.4. The molecule has 2 aliphatic heterocycles. The Morgan fingerprint density at radius 3 is 2.22 bits per heavy atom. The van der Waals surface area contributed by atoms with Gasteiger partial charge in [-0.25, -0.2) is 4.79 Å². The maximum Gasteiger partial charge on any atom is 0.345 e. The standard InChI is InChI=1S/C30H25NO3S3/c1-18-15-16-22-21(17-18)23(26(35)30(2,3)31(22)27(32)20-13-9-6-10-14-20)29-36-24(19-11-7-5-8-12-19)25(37-29)28(33)34-4/h5-17H,1-4H3/b29-23+. The van der Waals surface area contributed by atoms with E-state index >= 15 is 0 Å². The number of hydrogen-bond acceptors (Lipinski definition) is 6. The van der Waals surface area contributed by atoms with E-state index in [1.807, 2.05) is 93.6 Å². The van der Waals surface area contributed by atoms with Gasteiger partial charge in [-0.2, -0.15) is 0 Å². The topological polar surface area (TPSA) is 46.6 Å². The second-order valence-corrected chi connectivity index (χ2v) is 12.0. The summed E-state index contributed by atoms with van der Waals surface area (Å²) in [5.41, 5.74) is 4.40. The summed E-state index contributed by atoms with van der Waals surface area (Å²) >= 11 is 9.06. The molecule has 0 saturated heterocycles. The van der Waals surface area contributed by atoms with Crippen molar-refractivity contribution in [3.63, 3.8) is 0 Å². The predicted octanol–water partition coefficient (Wildman–Crippen LogP) is 7.49. The molecule has 7 heteroatoms. The molecule has 0 N–H and O–H groups in total. The van der Waals surface area contributed by atoms with E-state index in [0.29, 0.717) is 15.3 Å². The fraction of sp³-hybridized carbons (Fsp3) is 0.167. The predicted molar refractivity (Wildman–Crippen MR) is 159 cm³/mol. The number of esters is 1. The largest absolute Gasteiger partial charge is 0.465 e. The lowest BCUT2D eigenvalue weighted by molar-refractivity contribution is -0.135. The van der Waals surface area contributed by atoms with Crippen molar-refractivity contribution in [3.05, 3.63) is 110 Å². The number of nitrogens with zero attached hydrogens (tertiary/aromatic N) is 1. The minimum absolute atomic E-state index is 0.104. The highest BCUT2D eigenvalue weighted by atomic mass is 32.2. The number of thioether (sulfide) groups is 2. The molecule has 5 rings (SSSR count). The van der Waals surface area contributed by atoms with Crippen LogP contribution in [0.4, 0.5) is 5.69 Å². The van der Waals surface area contributed by atoms with Crippen LogP contribution in [0.1, 0.15) is 40.9 Å². The molecular weight excluding hydrogens is 519 g/mol. The van der Waals surface area contributed by atoms with E-state index in [2.05, 4.69) is 6.07 Å². The highest BCUT2D eigenvalue weighted by molar-refractivity contribution is 8.32. The number of carbonyl (C=O) groups is 2. The molecule has 0 saturated carbocycles. The number of hydrogen-bond donors (Lipinski definition) is 0. The Labute approximate surface area is 230 Å². The van der Waals surface area contributed by atoms with Crippen LogP contribution in [0.5, 0.6) is 0 Å². The van der Waals surface area contributed by atoms with E-state index in [4.69, 9.17) is 17.0 Å². The van der Waals surface area contributed by atoms with Gasteiger partial charge >= 0.3 is 5.97 Å². The van der Waals surface area contributed by atoms with Gasteiger partial charge in [-0.15, -0.1) is 0 Å². The van der Waals surface area contributed by atoms with Gasteiger partial charge in [0.15, 0.2) is 0 Å². The number of rotatable bonds is 3. The van der Waals surface area contributed by atoms with E-state index < -0.39 is 5.54 Å². The van der Waals surface area contributed by atoms with Crippen LogP contribution in [0.3, 0.4) is 0 Å². The Morgan fingerprint density at radius 1 is 0.919 bits per heavy atom. The summed E-state index contributed by atoms with van der Waals surface area (Å²) in [5, 5.41) is 0. The first kappa shape index (κ1) is 25.5. The van der Waals surface area contributed by atoms with Crippen LogP contribution in [0.15, 0.2) is 88.0 Å². The number of fused-ring (bicyclic) bond motifs is 1. The number of thiocarbonyl (C=S) groups is 1. The summed E-state index contributed by atoms with van der Waals surface area (Å²) in [5.74, 6) is -0.481. The van der Waals surface area contributed by atoms with Crippen molar-refractivity contribution in [2.45, 2.75) is 26.3 Å². The Bertz CT molecular complexity index is 1490. The zero-order chi connectivity index (χ0) is 26.3. The third-order valence-electron chi connectivity index (χ3n) is 6.43. The third-order valence-corrected chi connectivity index (χ3v) is 9.77. The van der Waals surface area contributed by atoms with Gasteiger partial charge in [-0.05, 0) is 50.6 Å². The number of aryl methyl sites for hydroxylation is 1. The molecule has 3 aromatic carbocycles. The Morgan fingerprint density at radius 2 is 1.57 bits per heavy atom. The summed E-state index contributed by atoms with van der Waals surface area (Å²) < 4.78 is 6.05. The summed E-state index contributed by atoms with van der Waals surface area (Å²) in [7, 11) is 1.40. The molecule has 3 aromatic rings. The summed E-state index contributed by atoms with van der Waals surface area (Å²) in [6.45, 7) is 5.99. The molecule has 0 aliphatic carbocycles. The fourth-order valence-electron chi connectivity index (χ4n) is 4.56. The molecule has 0 atom stereocenters.